The van der Waals surface area contributed by atoms with E-state index in [0.717, 1.165) is 0 Å². The third kappa shape index (κ3) is 8.97. The Kier molecular flexibility index (Phi) is 10.0. The summed E-state index contributed by atoms with van der Waals surface area (Å²) in [6.45, 7) is -0.466. The summed E-state index contributed by atoms with van der Waals surface area (Å²) in [4.78, 5) is 47.4. The molecule has 0 saturated heterocycles. The summed E-state index contributed by atoms with van der Waals surface area (Å²) >= 11 is 6.08. The molecule has 3 rings (SSSR count). The van der Waals surface area contributed by atoms with E-state index in [1.165, 1.54) is 31.4 Å². The predicted octanol–water partition coefficient (Wildman–Crippen LogP) is 5.21. The van der Waals surface area contributed by atoms with Crippen LogP contribution in [0.1, 0.15) is 29.6 Å². The summed E-state index contributed by atoms with van der Waals surface area (Å²) < 4.78 is 15.3. The lowest BCUT2D eigenvalue weighted by atomic mass is 10.2. The lowest BCUT2D eigenvalue weighted by Crippen LogP contribution is -2.21. The van der Waals surface area contributed by atoms with Crippen molar-refractivity contribution >= 4 is 46.7 Å². The van der Waals surface area contributed by atoms with Crippen LogP contribution in [-0.2, 0) is 23.9 Å². The Morgan fingerprint density at radius 2 is 1.41 bits per heavy atom. The molecule has 0 atom stereocenters. The quantitative estimate of drug-likeness (QED) is 0.330. The third-order valence-electron chi connectivity index (χ3n) is 4.94. The zero-order chi connectivity index (χ0) is 26.6. The number of nitrogens with one attached hydrogen (secondary N) is 2. The van der Waals surface area contributed by atoms with Gasteiger partial charge in [-0.25, -0.2) is 4.79 Å². The molecule has 0 bridgehead atoms. The molecule has 0 radical (unpaired) electrons. The van der Waals surface area contributed by atoms with E-state index in [-0.39, 0.29) is 25.2 Å². The van der Waals surface area contributed by atoms with Gasteiger partial charge < -0.3 is 24.8 Å². The first-order valence-corrected chi connectivity index (χ1v) is 11.7. The van der Waals surface area contributed by atoms with Gasteiger partial charge >= 0.3 is 11.9 Å². The molecule has 9 nitrogen and oxygen atoms in total. The second kappa shape index (κ2) is 13.6. The van der Waals surface area contributed by atoms with E-state index in [2.05, 4.69) is 15.4 Å². The SMILES string of the molecule is COC(=O)c1ccc(NC(=O)COC(=O)CCCC(=O)Nc2ccc(Oc3ccccc3Cl)cc2)cc1. The molecule has 0 fully saturated rings. The third-order valence-corrected chi connectivity index (χ3v) is 5.25. The highest BCUT2D eigenvalue weighted by molar-refractivity contribution is 6.32. The molecular formula is C27H25ClN2O7. The van der Waals surface area contributed by atoms with Gasteiger partial charge in [0.1, 0.15) is 11.5 Å². The Bertz CT molecular complexity index is 1240. The zero-order valence-corrected chi connectivity index (χ0v) is 20.7. The molecule has 10 heteroatoms. The van der Waals surface area contributed by atoms with E-state index < -0.39 is 24.5 Å². The molecule has 3 aromatic carbocycles. The highest BCUT2D eigenvalue weighted by atomic mass is 35.5. The minimum atomic E-state index is -0.593. The van der Waals surface area contributed by atoms with Gasteiger partial charge in [-0.3, -0.25) is 14.4 Å². The second-order valence-corrected chi connectivity index (χ2v) is 8.14. The van der Waals surface area contributed by atoms with Gasteiger partial charge in [0.2, 0.25) is 5.91 Å². The van der Waals surface area contributed by atoms with Crippen LogP contribution in [-0.4, -0.2) is 37.5 Å². The van der Waals surface area contributed by atoms with Crippen molar-refractivity contribution in [1.29, 1.82) is 0 Å². The van der Waals surface area contributed by atoms with Gasteiger partial charge in [-0.05, 0) is 67.1 Å². The number of carbonyl (C=O) groups excluding carboxylic acids is 4. The fraction of sp³-hybridized carbons (Fsp3) is 0.185. The normalized spacial score (nSPS) is 10.2. The molecule has 0 aliphatic rings. The number of esters is 2. The van der Waals surface area contributed by atoms with Crippen LogP contribution < -0.4 is 15.4 Å². The van der Waals surface area contributed by atoms with Gasteiger partial charge in [-0.15, -0.1) is 0 Å². The molecule has 0 saturated carbocycles. The second-order valence-electron chi connectivity index (χ2n) is 7.74. The molecule has 0 spiro atoms. The number of para-hydroxylation sites is 1. The average Bonchev–Trinajstić information content (AvgIpc) is 2.90. The number of rotatable bonds is 11. The Labute approximate surface area is 218 Å². The predicted molar refractivity (Wildman–Crippen MR) is 138 cm³/mol. The van der Waals surface area contributed by atoms with Crippen molar-refractivity contribution in [2.75, 3.05) is 24.4 Å². The van der Waals surface area contributed by atoms with Crippen molar-refractivity contribution < 1.29 is 33.4 Å². The van der Waals surface area contributed by atoms with Crippen molar-refractivity contribution in [1.82, 2.24) is 0 Å². The van der Waals surface area contributed by atoms with Gasteiger partial charge in [0.25, 0.3) is 5.91 Å². The van der Waals surface area contributed by atoms with Gasteiger partial charge in [-0.1, -0.05) is 23.7 Å². The maximum absolute atomic E-state index is 12.2. The lowest BCUT2D eigenvalue weighted by molar-refractivity contribution is -0.147. The Morgan fingerprint density at radius 3 is 2.05 bits per heavy atom. The fourth-order valence-electron chi connectivity index (χ4n) is 3.10. The van der Waals surface area contributed by atoms with Crippen LogP contribution >= 0.6 is 11.6 Å². The lowest BCUT2D eigenvalue weighted by Gasteiger charge is -2.09. The molecule has 3 aromatic rings. The molecule has 192 valence electrons. The van der Waals surface area contributed by atoms with Crippen molar-refractivity contribution in [2.45, 2.75) is 19.3 Å². The maximum Gasteiger partial charge on any atom is 0.337 e. The highest BCUT2D eigenvalue weighted by Crippen LogP contribution is 2.29. The summed E-state index contributed by atoms with van der Waals surface area (Å²) in [7, 11) is 1.28. The van der Waals surface area contributed by atoms with E-state index in [4.69, 9.17) is 21.1 Å². The number of hydrogen-bond acceptors (Lipinski definition) is 7. The fourth-order valence-corrected chi connectivity index (χ4v) is 3.27. The van der Waals surface area contributed by atoms with E-state index in [1.807, 2.05) is 6.07 Å². The van der Waals surface area contributed by atoms with Crippen LogP contribution in [0.15, 0.2) is 72.8 Å². The zero-order valence-electron chi connectivity index (χ0n) is 20.0. The smallest absolute Gasteiger partial charge is 0.337 e. The molecule has 0 aliphatic heterocycles. The molecule has 0 unspecified atom stereocenters. The Morgan fingerprint density at radius 1 is 0.784 bits per heavy atom. The van der Waals surface area contributed by atoms with Crippen molar-refractivity contribution in [3.05, 3.63) is 83.4 Å². The van der Waals surface area contributed by atoms with E-state index in [0.29, 0.717) is 33.5 Å². The number of methoxy groups -OCH3 is 1. The van der Waals surface area contributed by atoms with Gasteiger partial charge in [-0.2, -0.15) is 0 Å². The van der Waals surface area contributed by atoms with E-state index in [1.54, 1.807) is 42.5 Å². The molecular weight excluding hydrogens is 500 g/mol. The summed E-state index contributed by atoms with van der Waals surface area (Å²) in [5.74, 6) is -0.780. The number of anilines is 2. The number of benzene rings is 3. The Hall–Kier alpha value is -4.37. The van der Waals surface area contributed by atoms with Crippen molar-refractivity contribution in [3.63, 3.8) is 0 Å². The number of amides is 2. The highest BCUT2D eigenvalue weighted by Gasteiger charge is 2.11. The molecule has 0 aliphatic carbocycles. The maximum atomic E-state index is 12.2. The summed E-state index contributed by atoms with van der Waals surface area (Å²) in [6.07, 6.45) is 0.347. The van der Waals surface area contributed by atoms with Crippen molar-refractivity contribution in [2.24, 2.45) is 0 Å². The first kappa shape index (κ1) is 27.2. The van der Waals surface area contributed by atoms with Crippen LogP contribution in [0.5, 0.6) is 11.5 Å². The first-order valence-electron chi connectivity index (χ1n) is 11.3. The number of halogens is 1. The molecule has 2 amide bonds. The molecule has 0 aromatic heterocycles. The Balaban J connectivity index is 1.32. The molecule has 37 heavy (non-hydrogen) atoms. The summed E-state index contributed by atoms with van der Waals surface area (Å²) in [6, 6.07) is 20.0. The van der Waals surface area contributed by atoms with Gasteiger partial charge in [0, 0.05) is 24.2 Å². The van der Waals surface area contributed by atoms with Crippen molar-refractivity contribution in [3.8, 4) is 11.5 Å². The minimum Gasteiger partial charge on any atom is -0.465 e. The number of carbonyl (C=O) groups is 4. The standard InChI is InChI=1S/C27H25ClN2O7/c1-35-27(34)18-9-11-19(12-10-18)30-25(32)17-36-26(33)8-4-7-24(31)29-20-13-15-21(16-14-20)37-23-6-3-2-5-22(23)28/h2-3,5-6,9-16H,4,7-8,17H2,1H3,(H,29,31)(H,30,32). The number of hydrogen-bond donors (Lipinski definition) is 2. The van der Waals surface area contributed by atoms with Crippen LogP contribution in [0.4, 0.5) is 11.4 Å². The monoisotopic (exact) mass is 524 g/mol. The topological polar surface area (TPSA) is 120 Å². The average molecular weight is 525 g/mol. The first-order chi connectivity index (χ1) is 17.8. The van der Waals surface area contributed by atoms with Gasteiger partial charge in [0.05, 0.1) is 17.7 Å². The van der Waals surface area contributed by atoms with E-state index in [9.17, 15) is 19.2 Å². The largest absolute Gasteiger partial charge is 0.465 e. The van der Waals surface area contributed by atoms with Crippen LogP contribution in [0.3, 0.4) is 0 Å². The van der Waals surface area contributed by atoms with Crippen LogP contribution in [0.2, 0.25) is 5.02 Å². The number of ether oxygens (including phenoxy) is 3. The minimum absolute atomic E-state index is 0.0147. The molecule has 2 N–H and O–H groups in total. The van der Waals surface area contributed by atoms with Crippen LogP contribution in [0, 0.1) is 0 Å². The van der Waals surface area contributed by atoms with E-state index >= 15 is 0 Å². The summed E-state index contributed by atoms with van der Waals surface area (Å²) in [5, 5.41) is 5.79. The van der Waals surface area contributed by atoms with Gasteiger partial charge in [0.15, 0.2) is 6.61 Å². The van der Waals surface area contributed by atoms with Crippen LogP contribution in [0.25, 0.3) is 0 Å². The summed E-state index contributed by atoms with van der Waals surface area (Å²) in [5.41, 5.74) is 1.36. The molecule has 0 heterocycles.